The van der Waals surface area contributed by atoms with E-state index in [1.54, 1.807) is 0 Å². The predicted molar refractivity (Wildman–Crippen MR) is 61.1 cm³/mol. The average Bonchev–Trinajstić information content (AvgIpc) is 2.56. The zero-order valence-corrected chi connectivity index (χ0v) is 10.6. The molecule has 0 N–H and O–H groups in total. The number of hydrogen-bond donors (Lipinski definition) is 0. The Labute approximate surface area is 109 Å². The van der Waals surface area contributed by atoms with Crippen LogP contribution in [0.3, 0.4) is 0 Å². The fraction of sp³-hybridized carbons (Fsp3) is 0.364. The van der Waals surface area contributed by atoms with Crippen LogP contribution in [0.25, 0.3) is 0 Å². The Morgan fingerprint density at radius 2 is 2.00 bits per heavy atom. The van der Waals surface area contributed by atoms with E-state index in [2.05, 4.69) is 15.9 Å². The van der Waals surface area contributed by atoms with Gasteiger partial charge in [0, 0.05) is 17.8 Å². The number of alkyl halides is 4. The third-order valence-corrected chi connectivity index (χ3v) is 3.25. The van der Waals surface area contributed by atoms with E-state index in [0.717, 1.165) is 23.1 Å². The summed E-state index contributed by atoms with van der Waals surface area (Å²) in [6, 6.07) is 2.67. The first-order chi connectivity index (χ1) is 8.30. The number of amides is 1. The summed E-state index contributed by atoms with van der Waals surface area (Å²) in [7, 11) is 0. The minimum absolute atomic E-state index is 0.0306. The lowest BCUT2D eigenvalue weighted by atomic mass is 10.1. The van der Waals surface area contributed by atoms with Crippen LogP contribution in [0.1, 0.15) is 12.0 Å². The van der Waals surface area contributed by atoms with Gasteiger partial charge in [-0.25, -0.2) is 4.39 Å². The average molecular weight is 326 g/mol. The van der Waals surface area contributed by atoms with Crippen molar-refractivity contribution in [3.8, 4) is 0 Å². The SMILES string of the molecule is O=C1CC(Br)CN1c1c(F)cccc1C(F)(F)F. The summed E-state index contributed by atoms with van der Waals surface area (Å²) >= 11 is 3.15. The van der Waals surface area contributed by atoms with Crippen molar-refractivity contribution >= 4 is 27.5 Å². The van der Waals surface area contributed by atoms with Crippen molar-refractivity contribution in [2.45, 2.75) is 17.4 Å². The van der Waals surface area contributed by atoms with Crippen molar-refractivity contribution in [2.75, 3.05) is 11.4 Å². The molecule has 0 saturated carbocycles. The predicted octanol–water partition coefficient (Wildman–Crippen LogP) is 3.34. The van der Waals surface area contributed by atoms with E-state index >= 15 is 0 Å². The monoisotopic (exact) mass is 325 g/mol. The highest BCUT2D eigenvalue weighted by molar-refractivity contribution is 9.09. The minimum atomic E-state index is -4.69. The lowest BCUT2D eigenvalue weighted by Gasteiger charge is -2.21. The van der Waals surface area contributed by atoms with Crippen molar-refractivity contribution in [2.24, 2.45) is 0 Å². The molecule has 98 valence electrons. The Hall–Kier alpha value is -1.11. The first-order valence-corrected chi connectivity index (χ1v) is 6.02. The van der Waals surface area contributed by atoms with Crippen LogP contribution in [0.2, 0.25) is 0 Å². The summed E-state index contributed by atoms with van der Waals surface area (Å²) in [6.07, 6.45) is -4.63. The molecule has 1 aromatic rings. The molecule has 0 radical (unpaired) electrons. The molecule has 2 rings (SSSR count). The van der Waals surface area contributed by atoms with E-state index in [0.29, 0.717) is 0 Å². The zero-order chi connectivity index (χ0) is 13.5. The molecule has 1 atom stereocenters. The van der Waals surface area contributed by atoms with Gasteiger partial charge in [-0.05, 0) is 12.1 Å². The van der Waals surface area contributed by atoms with Crippen LogP contribution in [-0.2, 0) is 11.0 Å². The van der Waals surface area contributed by atoms with Gasteiger partial charge in [0.1, 0.15) is 5.82 Å². The lowest BCUT2D eigenvalue weighted by Crippen LogP contribution is -2.28. The molecule has 1 unspecified atom stereocenters. The van der Waals surface area contributed by atoms with E-state index < -0.39 is 29.2 Å². The van der Waals surface area contributed by atoms with Gasteiger partial charge in [0.2, 0.25) is 5.91 Å². The van der Waals surface area contributed by atoms with Crippen LogP contribution in [0.15, 0.2) is 18.2 Å². The smallest absolute Gasteiger partial charge is 0.308 e. The molecule has 1 saturated heterocycles. The second-order valence-corrected chi connectivity index (χ2v) is 5.23. The van der Waals surface area contributed by atoms with Gasteiger partial charge in [-0.1, -0.05) is 22.0 Å². The van der Waals surface area contributed by atoms with Crippen LogP contribution in [0.5, 0.6) is 0 Å². The molecule has 1 aliphatic heterocycles. The van der Waals surface area contributed by atoms with Crippen molar-refractivity contribution in [1.29, 1.82) is 0 Å². The summed E-state index contributed by atoms with van der Waals surface area (Å²) in [6.45, 7) is 0.0306. The highest BCUT2D eigenvalue weighted by Crippen LogP contribution is 2.39. The Morgan fingerprint density at radius 1 is 1.33 bits per heavy atom. The Balaban J connectivity index is 2.53. The summed E-state index contributed by atoms with van der Waals surface area (Å²) in [5.74, 6) is -1.56. The molecule has 0 aromatic heterocycles. The summed E-state index contributed by atoms with van der Waals surface area (Å²) in [4.78, 5) is 12.2. The summed E-state index contributed by atoms with van der Waals surface area (Å²) in [5.41, 5.74) is -1.81. The second kappa shape index (κ2) is 4.53. The molecule has 1 heterocycles. The normalized spacial score (nSPS) is 20.6. The number of hydrogen-bond acceptors (Lipinski definition) is 1. The molecule has 1 fully saturated rings. The first kappa shape index (κ1) is 13.3. The van der Waals surface area contributed by atoms with Gasteiger partial charge < -0.3 is 4.90 Å². The Morgan fingerprint density at radius 3 is 2.50 bits per heavy atom. The van der Waals surface area contributed by atoms with Crippen LogP contribution >= 0.6 is 15.9 Å². The van der Waals surface area contributed by atoms with Gasteiger partial charge in [-0.3, -0.25) is 4.79 Å². The highest BCUT2D eigenvalue weighted by atomic mass is 79.9. The maximum atomic E-state index is 13.6. The van der Waals surface area contributed by atoms with E-state index in [9.17, 15) is 22.4 Å². The number of nitrogens with zero attached hydrogens (tertiary/aromatic N) is 1. The van der Waals surface area contributed by atoms with Gasteiger partial charge in [0.15, 0.2) is 0 Å². The number of anilines is 1. The van der Waals surface area contributed by atoms with Crippen molar-refractivity contribution in [1.82, 2.24) is 0 Å². The minimum Gasteiger partial charge on any atom is -0.308 e. The van der Waals surface area contributed by atoms with Gasteiger partial charge in [0.05, 0.1) is 11.3 Å². The molecule has 0 aliphatic carbocycles. The summed E-state index contributed by atoms with van der Waals surface area (Å²) < 4.78 is 52.0. The van der Waals surface area contributed by atoms with E-state index in [-0.39, 0.29) is 17.8 Å². The quantitative estimate of drug-likeness (QED) is 0.573. The molecule has 1 aromatic carbocycles. The van der Waals surface area contributed by atoms with Crippen molar-refractivity contribution in [3.05, 3.63) is 29.6 Å². The summed E-state index contributed by atoms with van der Waals surface area (Å²) in [5, 5.41) is 0. The largest absolute Gasteiger partial charge is 0.418 e. The molecular formula is C11H8BrF4NO. The molecule has 7 heteroatoms. The first-order valence-electron chi connectivity index (χ1n) is 5.11. The van der Waals surface area contributed by atoms with Crippen molar-refractivity contribution in [3.63, 3.8) is 0 Å². The molecule has 18 heavy (non-hydrogen) atoms. The van der Waals surface area contributed by atoms with Crippen LogP contribution in [0, 0.1) is 5.82 Å². The maximum Gasteiger partial charge on any atom is 0.418 e. The fourth-order valence-electron chi connectivity index (χ4n) is 1.90. The lowest BCUT2D eigenvalue weighted by molar-refractivity contribution is -0.137. The highest BCUT2D eigenvalue weighted by Gasteiger charge is 2.40. The van der Waals surface area contributed by atoms with E-state index in [1.165, 1.54) is 0 Å². The van der Waals surface area contributed by atoms with Crippen LogP contribution in [0.4, 0.5) is 23.2 Å². The number of carbonyl (C=O) groups excluding carboxylic acids is 1. The van der Waals surface area contributed by atoms with Crippen molar-refractivity contribution < 1.29 is 22.4 Å². The number of benzene rings is 1. The standard InChI is InChI=1S/C11H8BrF4NO/c12-6-4-9(18)17(5-6)10-7(11(14,15)16)2-1-3-8(10)13/h1-3,6H,4-5H2. The molecule has 0 bridgehead atoms. The number of rotatable bonds is 1. The third kappa shape index (κ3) is 2.36. The Bertz CT molecular complexity index is 488. The maximum absolute atomic E-state index is 13.6. The van der Waals surface area contributed by atoms with Gasteiger partial charge in [0.25, 0.3) is 0 Å². The molecule has 1 aliphatic rings. The fourth-order valence-corrected chi connectivity index (χ4v) is 2.47. The number of para-hydroxylation sites is 1. The van der Waals surface area contributed by atoms with Gasteiger partial charge in [-0.2, -0.15) is 13.2 Å². The molecular weight excluding hydrogens is 318 g/mol. The Kier molecular flexibility index (Phi) is 3.35. The van der Waals surface area contributed by atoms with Crippen LogP contribution in [-0.4, -0.2) is 17.3 Å². The number of halogens is 5. The molecule has 1 amide bonds. The van der Waals surface area contributed by atoms with E-state index in [1.807, 2.05) is 0 Å². The van der Waals surface area contributed by atoms with Gasteiger partial charge >= 0.3 is 6.18 Å². The van der Waals surface area contributed by atoms with Gasteiger partial charge in [-0.15, -0.1) is 0 Å². The molecule has 2 nitrogen and oxygen atoms in total. The topological polar surface area (TPSA) is 20.3 Å². The zero-order valence-electron chi connectivity index (χ0n) is 8.97. The van der Waals surface area contributed by atoms with Crippen LogP contribution < -0.4 is 4.90 Å². The number of carbonyl (C=O) groups is 1. The second-order valence-electron chi connectivity index (χ2n) is 3.94. The third-order valence-electron chi connectivity index (χ3n) is 2.64. The van der Waals surface area contributed by atoms with E-state index in [4.69, 9.17) is 0 Å². The molecule has 0 spiro atoms.